The van der Waals surface area contributed by atoms with Crippen LogP contribution in [0.15, 0.2) is 0 Å². The van der Waals surface area contributed by atoms with Gasteiger partial charge < -0.3 is 4.90 Å². The Kier molecular flexibility index (Phi) is 8.69. The van der Waals surface area contributed by atoms with Gasteiger partial charge in [-0.05, 0) is 5.92 Å². The molecule has 4 nitrogen and oxygen atoms in total. The Bertz CT molecular complexity index is 299. The van der Waals surface area contributed by atoms with Crippen molar-refractivity contribution in [2.75, 3.05) is 25.1 Å². The molecule has 5 heteroatoms. The van der Waals surface area contributed by atoms with Gasteiger partial charge in [0.15, 0.2) is 0 Å². The molecule has 17 heavy (non-hydrogen) atoms. The lowest BCUT2D eigenvalue weighted by Crippen LogP contribution is -2.29. The predicted octanol–water partition coefficient (Wildman–Crippen LogP) is 1.54. The Morgan fingerprint density at radius 2 is 2.18 bits per heavy atom. The Labute approximate surface area is 106 Å². The quantitative estimate of drug-likeness (QED) is 0.663. The normalized spacial score (nSPS) is 13.8. The third kappa shape index (κ3) is 7.92. The van der Waals surface area contributed by atoms with Gasteiger partial charge in [-0.1, -0.05) is 20.3 Å². The summed E-state index contributed by atoms with van der Waals surface area (Å²) in [6.07, 6.45) is 1.67. The minimum absolute atomic E-state index is 0.0299. The molecule has 0 spiro atoms. The van der Waals surface area contributed by atoms with Gasteiger partial charge in [0.2, 0.25) is 5.91 Å². The van der Waals surface area contributed by atoms with E-state index in [1.807, 2.05) is 6.07 Å². The summed E-state index contributed by atoms with van der Waals surface area (Å²) in [5.74, 6) is 1.52. The van der Waals surface area contributed by atoms with Gasteiger partial charge in [0.1, 0.15) is 0 Å². The van der Waals surface area contributed by atoms with Crippen molar-refractivity contribution in [1.82, 2.24) is 4.90 Å². The van der Waals surface area contributed by atoms with Gasteiger partial charge >= 0.3 is 0 Å². The zero-order valence-electron chi connectivity index (χ0n) is 10.9. The van der Waals surface area contributed by atoms with Crippen LogP contribution in [0.3, 0.4) is 0 Å². The minimum atomic E-state index is -0.905. The van der Waals surface area contributed by atoms with E-state index >= 15 is 0 Å². The first-order chi connectivity index (χ1) is 8.01. The van der Waals surface area contributed by atoms with Crippen molar-refractivity contribution in [2.24, 2.45) is 5.92 Å². The molecule has 2 unspecified atom stereocenters. The molecule has 0 aromatic rings. The molecule has 0 N–H and O–H groups in total. The summed E-state index contributed by atoms with van der Waals surface area (Å²) in [4.78, 5) is 13.1. The van der Waals surface area contributed by atoms with Crippen LogP contribution in [0.1, 0.15) is 33.1 Å². The van der Waals surface area contributed by atoms with E-state index in [-0.39, 0.29) is 5.91 Å². The smallest absolute Gasteiger partial charge is 0.223 e. The number of hydrogen-bond acceptors (Lipinski definition) is 3. The van der Waals surface area contributed by atoms with E-state index in [9.17, 15) is 9.00 Å². The highest BCUT2D eigenvalue weighted by Gasteiger charge is 2.11. The second kappa shape index (κ2) is 9.17. The molecule has 98 valence electrons. The Morgan fingerprint density at radius 3 is 2.71 bits per heavy atom. The van der Waals surface area contributed by atoms with Crippen LogP contribution in [0.25, 0.3) is 0 Å². The summed E-state index contributed by atoms with van der Waals surface area (Å²) in [6.45, 7) is 4.59. The summed E-state index contributed by atoms with van der Waals surface area (Å²) < 4.78 is 11.6. The monoisotopic (exact) mass is 258 g/mol. The first kappa shape index (κ1) is 16.1. The Hall–Kier alpha value is -0.890. The molecule has 0 heterocycles. The lowest BCUT2D eigenvalue weighted by atomic mass is 10.2. The van der Waals surface area contributed by atoms with Crippen molar-refractivity contribution in [3.63, 3.8) is 0 Å². The molecule has 0 saturated carbocycles. The number of carbonyl (C=O) groups excluding carboxylic acids is 1. The van der Waals surface area contributed by atoms with Gasteiger partial charge in [0.25, 0.3) is 0 Å². The first-order valence-corrected chi connectivity index (χ1v) is 7.45. The van der Waals surface area contributed by atoms with Crippen LogP contribution in [-0.4, -0.2) is 40.1 Å². The molecule has 0 aromatic heterocycles. The van der Waals surface area contributed by atoms with Crippen molar-refractivity contribution in [3.8, 4) is 6.07 Å². The molecule has 0 aromatic carbocycles. The van der Waals surface area contributed by atoms with Crippen LogP contribution in [-0.2, 0) is 15.6 Å². The largest absolute Gasteiger partial charge is 0.345 e. The Balaban J connectivity index is 3.83. The fourth-order valence-electron chi connectivity index (χ4n) is 1.25. The van der Waals surface area contributed by atoms with E-state index < -0.39 is 10.8 Å². The predicted molar refractivity (Wildman–Crippen MR) is 69.8 cm³/mol. The molecular formula is C12H22N2O2S. The van der Waals surface area contributed by atoms with E-state index in [0.29, 0.717) is 36.8 Å². The maximum Gasteiger partial charge on any atom is 0.223 e. The molecule has 0 aliphatic heterocycles. The number of amides is 1. The average Bonchev–Trinajstić information content (AvgIpc) is 2.32. The van der Waals surface area contributed by atoms with E-state index in [0.717, 1.165) is 6.42 Å². The van der Waals surface area contributed by atoms with E-state index in [1.54, 1.807) is 7.05 Å². The number of nitriles is 1. The van der Waals surface area contributed by atoms with Crippen LogP contribution in [0.4, 0.5) is 0 Å². The SMILES string of the molecule is CCC(C)CS(=O)CCC(=O)N(C)CCC#N. The number of carbonyl (C=O) groups is 1. The van der Waals surface area contributed by atoms with E-state index in [4.69, 9.17) is 5.26 Å². The molecule has 0 aliphatic carbocycles. The number of nitrogens with zero attached hydrogens (tertiary/aromatic N) is 2. The molecule has 1 amide bonds. The fraction of sp³-hybridized carbons (Fsp3) is 0.833. The van der Waals surface area contributed by atoms with Crippen LogP contribution in [0.5, 0.6) is 0 Å². The van der Waals surface area contributed by atoms with Gasteiger partial charge in [-0.25, -0.2) is 0 Å². The molecule has 2 atom stereocenters. The highest BCUT2D eigenvalue weighted by molar-refractivity contribution is 7.85. The van der Waals surface area contributed by atoms with Gasteiger partial charge in [-0.15, -0.1) is 0 Å². The van der Waals surface area contributed by atoms with Crippen molar-refractivity contribution < 1.29 is 9.00 Å². The maximum atomic E-state index is 11.6. The maximum absolute atomic E-state index is 11.6. The van der Waals surface area contributed by atoms with Crippen molar-refractivity contribution in [1.29, 1.82) is 5.26 Å². The molecular weight excluding hydrogens is 236 g/mol. The van der Waals surface area contributed by atoms with E-state index in [2.05, 4.69) is 13.8 Å². The summed E-state index contributed by atoms with van der Waals surface area (Å²) in [5.41, 5.74) is 0. The third-order valence-electron chi connectivity index (χ3n) is 2.70. The van der Waals surface area contributed by atoms with Crippen LogP contribution < -0.4 is 0 Å². The summed E-state index contributed by atoms with van der Waals surface area (Å²) in [6, 6.07) is 2.00. The summed E-state index contributed by atoms with van der Waals surface area (Å²) in [5, 5.41) is 8.40. The first-order valence-electron chi connectivity index (χ1n) is 5.97. The second-order valence-corrected chi connectivity index (χ2v) is 5.92. The highest BCUT2D eigenvalue weighted by atomic mass is 32.2. The topological polar surface area (TPSA) is 61.2 Å². The highest BCUT2D eigenvalue weighted by Crippen LogP contribution is 2.04. The second-order valence-electron chi connectivity index (χ2n) is 4.30. The number of rotatable bonds is 8. The zero-order valence-corrected chi connectivity index (χ0v) is 11.8. The fourth-order valence-corrected chi connectivity index (χ4v) is 2.69. The van der Waals surface area contributed by atoms with Crippen molar-refractivity contribution in [2.45, 2.75) is 33.1 Å². The molecule has 0 fully saturated rings. The van der Waals surface area contributed by atoms with Gasteiger partial charge in [-0.2, -0.15) is 5.26 Å². The molecule has 0 bridgehead atoms. The van der Waals surface area contributed by atoms with Crippen molar-refractivity contribution >= 4 is 16.7 Å². The molecule has 0 aliphatic rings. The van der Waals surface area contributed by atoms with E-state index in [1.165, 1.54) is 4.90 Å². The van der Waals surface area contributed by atoms with Crippen LogP contribution >= 0.6 is 0 Å². The van der Waals surface area contributed by atoms with Crippen LogP contribution in [0.2, 0.25) is 0 Å². The average molecular weight is 258 g/mol. The summed E-state index contributed by atoms with van der Waals surface area (Å²) in [7, 11) is 0.772. The summed E-state index contributed by atoms with van der Waals surface area (Å²) >= 11 is 0. The molecule has 0 rings (SSSR count). The van der Waals surface area contributed by atoms with Gasteiger partial charge in [0.05, 0.1) is 12.5 Å². The standard InChI is InChI=1S/C12H22N2O2S/c1-4-11(2)10-17(16)9-6-12(15)14(3)8-5-7-13/h11H,4-6,8-10H2,1-3H3. The lowest BCUT2D eigenvalue weighted by Gasteiger charge is -2.15. The van der Waals surface area contributed by atoms with Gasteiger partial charge in [-0.3, -0.25) is 9.00 Å². The third-order valence-corrected chi connectivity index (χ3v) is 4.30. The zero-order chi connectivity index (χ0) is 13.3. The van der Waals surface area contributed by atoms with Gasteiger partial charge in [0, 0.05) is 42.3 Å². The number of hydrogen-bond donors (Lipinski definition) is 0. The Morgan fingerprint density at radius 1 is 1.53 bits per heavy atom. The lowest BCUT2D eigenvalue weighted by molar-refractivity contribution is -0.129. The molecule has 0 radical (unpaired) electrons. The molecule has 0 saturated heterocycles. The van der Waals surface area contributed by atoms with Crippen LogP contribution in [0, 0.1) is 17.2 Å². The van der Waals surface area contributed by atoms with Crippen molar-refractivity contribution in [3.05, 3.63) is 0 Å². The minimum Gasteiger partial charge on any atom is -0.345 e.